The average molecular weight is 207 g/mol. The van der Waals surface area contributed by atoms with Gasteiger partial charge in [-0.25, -0.2) is 9.97 Å². The lowest BCUT2D eigenvalue weighted by Crippen LogP contribution is -2.37. The van der Waals surface area contributed by atoms with E-state index in [1.807, 2.05) is 20.0 Å². The Morgan fingerprint density at radius 2 is 2.20 bits per heavy atom. The zero-order chi connectivity index (χ0) is 10.8. The van der Waals surface area contributed by atoms with Gasteiger partial charge in [-0.3, -0.25) is 0 Å². The van der Waals surface area contributed by atoms with Gasteiger partial charge in [-0.2, -0.15) is 0 Å². The van der Waals surface area contributed by atoms with E-state index >= 15 is 0 Å². The largest absolute Gasteiger partial charge is 0.393 e. The predicted molar refractivity (Wildman–Crippen MR) is 58.8 cm³/mol. The van der Waals surface area contributed by atoms with Crippen LogP contribution in [0.5, 0.6) is 0 Å². The normalized spacial score (nSPS) is 24.7. The molecule has 0 radical (unpaired) electrons. The number of hydrogen-bond acceptors (Lipinski definition) is 4. The van der Waals surface area contributed by atoms with E-state index in [1.165, 1.54) is 0 Å². The molecule has 1 fully saturated rings. The number of hydrogen-bond donors (Lipinski definition) is 1. The molecule has 2 rings (SSSR count). The highest BCUT2D eigenvalue weighted by molar-refractivity contribution is 5.37. The number of aliphatic hydroxyl groups is 1. The van der Waals surface area contributed by atoms with E-state index in [0.29, 0.717) is 5.92 Å². The zero-order valence-electron chi connectivity index (χ0n) is 9.22. The van der Waals surface area contributed by atoms with Crippen molar-refractivity contribution in [1.29, 1.82) is 0 Å². The summed E-state index contributed by atoms with van der Waals surface area (Å²) in [4.78, 5) is 10.4. The number of nitrogens with zero attached hydrogens (tertiary/aromatic N) is 3. The van der Waals surface area contributed by atoms with Gasteiger partial charge in [0.25, 0.3) is 0 Å². The van der Waals surface area contributed by atoms with Gasteiger partial charge in [0.15, 0.2) is 0 Å². The molecule has 0 aromatic carbocycles. The van der Waals surface area contributed by atoms with Crippen LogP contribution in [-0.4, -0.2) is 34.8 Å². The van der Waals surface area contributed by atoms with Crippen molar-refractivity contribution >= 4 is 5.82 Å². The molecule has 1 saturated carbocycles. The van der Waals surface area contributed by atoms with E-state index in [-0.39, 0.29) is 6.10 Å². The van der Waals surface area contributed by atoms with E-state index in [2.05, 4.69) is 14.9 Å². The van der Waals surface area contributed by atoms with Gasteiger partial charge in [0, 0.05) is 25.4 Å². The molecule has 1 aromatic rings. The Balaban J connectivity index is 1.93. The van der Waals surface area contributed by atoms with Crippen LogP contribution in [0.4, 0.5) is 5.82 Å². The number of aryl methyl sites for hydroxylation is 1. The Bertz CT molecular complexity index is 336. The first-order chi connectivity index (χ1) is 7.15. The Morgan fingerprint density at radius 3 is 2.80 bits per heavy atom. The number of aromatic nitrogens is 2. The molecular formula is C11H17N3O. The van der Waals surface area contributed by atoms with Gasteiger partial charge in [-0.05, 0) is 25.7 Å². The van der Waals surface area contributed by atoms with Crippen LogP contribution >= 0.6 is 0 Å². The van der Waals surface area contributed by atoms with Gasteiger partial charge in [0.2, 0.25) is 0 Å². The standard InChI is InChI=1S/C11H17N3O/c1-8-3-11(13-7-12-8)14(2)6-9-4-10(15)5-9/h3,7,9-10,15H,4-6H2,1-2H3. The summed E-state index contributed by atoms with van der Waals surface area (Å²) in [7, 11) is 2.03. The van der Waals surface area contributed by atoms with Crippen LogP contribution in [0.2, 0.25) is 0 Å². The maximum Gasteiger partial charge on any atom is 0.131 e. The summed E-state index contributed by atoms with van der Waals surface area (Å²) in [5, 5.41) is 9.20. The summed E-state index contributed by atoms with van der Waals surface area (Å²) >= 11 is 0. The maximum atomic E-state index is 9.20. The summed E-state index contributed by atoms with van der Waals surface area (Å²) in [6, 6.07) is 1.98. The second-order valence-corrected chi connectivity index (χ2v) is 4.39. The summed E-state index contributed by atoms with van der Waals surface area (Å²) in [5.74, 6) is 1.57. The SMILES string of the molecule is Cc1cc(N(C)CC2CC(O)C2)ncn1. The highest BCUT2D eigenvalue weighted by Gasteiger charge is 2.28. The molecule has 0 amide bonds. The molecule has 4 nitrogen and oxygen atoms in total. The molecule has 0 aliphatic heterocycles. The van der Waals surface area contributed by atoms with Crippen molar-refractivity contribution < 1.29 is 5.11 Å². The molecule has 0 bridgehead atoms. The average Bonchev–Trinajstić information content (AvgIpc) is 2.15. The van der Waals surface area contributed by atoms with Gasteiger partial charge >= 0.3 is 0 Å². The fourth-order valence-corrected chi connectivity index (χ4v) is 1.98. The summed E-state index contributed by atoms with van der Waals surface area (Å²) in [6.07, 6.45) is 3.37. The molecular weight excluding hydrogens is 190 g/mol. The quantitative estimate of drug-likeness (QED) is 0.803. The van der Waals surface area contributed by atoms with E-state index < -0.39 is 0 Å². The lowest BCUT2D eigenvalue weighted by molar-refractivity contribution is 0.0464. The number of rotatable bonds is 3. The van der Waals surface area contributed by atoms with Gasteiger partial charge < -0.3 is 10.0 Å². The molecule has 1 N–H and O–H groups in total. The zero-order valence-corrected chi connectivity index (χ0v) is 9.22. The second kappa shape index (κ2) is 4.14. The molecule has 1 aromatic heterocycles. The molecule has 15 heavy (non-hydrogen) atoms. The van der Waals surface area contributed by atoms with Gasteiger partial charge in [-0.1, -0.05) is 0 Å². The highest BCUT2D eigenvalue weighted by atomic mass is 16.3. The smallest absolute Gasteiger partial charge is 0.131 e. The van der Waals surface area contributed by atoms with Crippen LogP contribution in [0.25, 0.3) is 0 Å². The van der Waals surface area contributed by atoms with E-state index in [9.17, 15) is 5.11 Å². The van der Waals surface area contributed by atoms with E-state index in [1.54, 1.807) is 6.33 Å². The maximum absolute atomic E-state index is 9.20. The monoisotopic (exact) mass is 207 g/mol. The molecule has 1 aliphatic carbocycles. The predicted octanol–water partition coefficient (Wildman–Crippen LogP) is 0.992. The molecule has 1 heterocycles. The number of aliphatic hydroxyl groups excluding tert-OH is 1. The van der Waals surface area contributed by atoms with Crippen molar-refractivity contribution in [2.24, 2.45) is 5.92 Å². The van der Waals surface area contributed by atoms with E-state index in [0.717, 1.165) is 30.9 Å². The third-order valence-electron chi connectivity index (χ3n) is 2.92. The first-order valence-corrected chi connectivity index (χ1v) is 5.33. The molecule has 82 valence electrons. The minimum absolute atomic E-state index is 0.0736. The van der Waals surface area contributed by atoms with Crippen molar-refractivity contribution in [3.63, 3.8) is 0 Å². The van der Waals surface area contributed by atoms with Crippen LogP contribution in [0, 0.1) is 12.8 Å². The second-order valence-electron chi connectivity index (χ2n) is 4.39. The van der Waals surface area contributed by atoms with Crippen molar-refractivity contribution in [1.82, 2.24) is 9.97 Å². The molecule has 0 atom stereocenters. The van der Waals surface area contributed by atoms with Gasteiger partial charge in [-0.15, -0.1) is 0 Å². The van der Waals surface area contributed by atoms with Crippen LogP contribution in [0.3, 0.4) is 0 Å². The molecule has 1 aliphatic rings. The molecule has 0 spiro atoms. The van der Waals surface area contributed by atoms with Crippen molar-refractivity contribution in [2.45, 2.75) is 25.9 Å². The minimum atomic E-state index is -0.0736. The fourth-order valence-electron chi connectivity index (χ4n) is 1.98. The molecule has 4 heteroatoms. The molecule has 0 unspecified atom stereocenters. The van der Waals surface area contributed by atoms with Crippen LogP contribution in [0.1, 0.15) is 18.5 Å². The molecule has 0 saturated heterocycles. The van der Waals surface area contributed by atoms with E-state index in [4.69, 9.17) is 0 Å². The Morgan fingerprint density at radius 1 is 1.47 bits per heavy atom. The lowest BCUT2D eigenvalue weighted by Gasteiger charge is -2.34. The van der Waals surface area contributed by atoms with Crippen molar-refractivity contribution in [3.8, 4) is 0 Å². The van der Waals surface area contributed by atoms with Gasteiger partial charge in [0.1, 0.15) is 12.1 Å². The summed E-state index contributed by atoms with van der Waals surface area (Å²) in [5.41, 5.74) is 0.987. The van der Waals surface area contributed by atoms with Crippen LogP contribution in [0.15, 0.2) is 12.4 Å². The summed E-state index contributed by atoms with van der Waals surface area (Å²) < 4.78 is 0. The van der Waals surface area contributed by atoms with Crippen molar-refractivity contribution in [3.05, 3.63) is 18.1 Å². The fraction of sp³-hybridized carbons (Fsp3) is 0.636. The Kier molecular flexibility index (Phi) is 2.86. The topological polar surface area (TPSA) is 49.2 Å². The highest BCUT2D eigenvalue weighted by Crippen LogP contribution is 2.28. The first kappa shape index (κ1) is 10.4. The first-order valence-electron chi connectivity index (χ1n) is 5.33. The summed E-state index contributed by atoms with van der Waals surface area (Å²) in [6.45, 7) is 2.93. The Hall–Kier alpha value is -1.16. The minimum Gasteiger partial charge on any atom is -0.393 e. The Labute approximate surface area is 90.0 Å². The number of anilines is 1. The van der Waals surface area contributed by atoms with Crippen LogP contribution < -0.4 is 4.90 Å². The third kappa shape index (κ3) is 2.45. The third-order valence-corrected chi connectivity index (χ3v) is 2.92. The van der Waals surface area contributed by atoms with Crippen molar-refractivity contribution in [2.75, 3.05) is 18.5 Å². The van der Waals surface area contributed by atoms with Gasteiger partial charge in [0.05, 0.1) is 6.10 Å². The lowest BCUT2D eigenvalue weighted by atomic mass is 9.82. The van der Waals surface area contributed by atoms with Crippen LogP contribution in [-0.2, 0) is 0 Å².